The van der Waals surface area contributed by atoms with E-state index in [1.54, 1.807) is 11.3 Å². The summed E-state index contributed by atoms with van der Waals surface area (Å²) in [5.41, 5.74) is 2.00. The van der Waals surface area contributed by atoms with Crippen LogP contribution in [0.25, 0.3) is 10.7 Å². The Kier molecular flexibility index (Phi) is 5.32. The van der Waals surface area contributed by atoms with Crippen molar-refractivity contribution in [1.29, 1.82) is 0 Å². The van der Waals surface area contributed by atoms with Gasteiger partial charge in [0.15, 0.2) is 5.82 Å². The Labute approximate surface area is 148 Å². The van der Waals surface area contributed by atoms with Gasteiger partial charge in [0.1, 0.15) is 0 Å². The molecule has 3 rings (SSSR count). The molecule has 5 nitrogen and oxygen atoms in total. The number of nitrogens with one attached hydrogen (secondary N) is 2. The molecule has 7 heteroatoms. The molecule has 2 heterocycles. The number of nitrogens with zero attached hydrogens (tertiary/aromatic N) is 2. The summed E-state index contributed by atoms with van der Waals surface area (Å²) < 4.78 is 0. The molecule has 1 amide bonds. The Bertz CT molecular complexity index is 812. The smallest absolute Gasteiger partial charge is 0.234 e. The zero-order chi connectivity index (χ0) is 16.9. The third-order valence-corrected chi connectivity index (χ3v) is 5.13. The highest BCUT2D eigenvalue weighted by Crippen LogP contribution is 2.25. The van der Waals surface area contributed by atoms with Crippen molar-refractivity contribution >= 4 is 34.7 Å². The lowest BCUT2D eigenvalue weighted by atomic mass is 10.0. The molecule has 0 aliphatic carbocycles. The SMILES string of the molecule is CC(C)c1ccccc1NC(=O)CSc1n[nH]c(-c2cccs2)n1. The van der Waals surface area contributed by atoms with Gasteiger partial charge < -0.3 is 5.32 Å². The number of thiophene rings is 1. The largest absolute Gasteiger partial charge is 0.325 e. The number of benzene rings is 1. The summed E-state index contributed by atoms with van der Waals surface area (Å²) in [5, 5.41) is 12.6. The van der Waals surface area contributed by atoms with E-state index in [9.17, 15) is 4.79 Å². The highest BCUT2D eigenvalue weighted by atomic mass is 32.2. The number of para-hydroxylation sites is 1. The van der Waals surface area contributed by atoms with E-state index >= 15 is 0 Å². The highest BCUT2D eigenvalue weighted by molar-refractivity contribution is 7.99. The maximum Gasteiger partial charge on any atom is 0.234 e. The normalized spacial score (nSPS) is 11.0. The number of H-pyrrole nitrogens is 1. The topological polar surface area (TPSA) is 70.7 Å². The lowest BCUT2D eigenvalue weighted by molar-refractivity contribution is -0.113. The van der Waals surface area contributed by atoms with Gasteiger partial charge in [0, 0.05) is 5.69 Å². The number of aromatic amines is 1. The predicted molar refractivity (Wildman–Crippen MR) is 99.6 cm³/mol. The number of rotatable bonds is 6. The van der Waals surface area contributed by atoms with E-state index in [1.165, 1.54) is 11.8 Å². The molecule has 24 heavy (non-hydrogen) atoms. The minimum absolute atomic E-state index is 0.0597. The number of amides is 1. The van der Waals surface area contributed by atoms with Crippen molar-refractivity contribution in [3.05, 3.63) is 47.3 Å². The van der Waals surface area contributed by atoms with Crippen LogP contribution in [0, 0.1) is 0 Å². The first-order valence-electron chi connectivity index (χ1n) is 7.61. The van der Waals surface area contributed by atoms with Crippen molar-refractivity contribution in [1.82, 2.24) is 15.2 Å². The van der Waals surface area contributed by atoms with Crippen molar-refractivity contribution in [2.75, 3.05) is 11.1 Å². The Morgan fingerprint density at radius 2 is 2.12 bits per heavy atom. The van der Waals surface area contributed by atoms with Crippen LogP contribution in [0.1, 0.15) is 25.3 Å². The number of hydrogen-bond acceptors (Lipinski definition) is 5. The Hall–Kier alpha value is -2.12. The van der Waals surface area contributed by atoms with Gasteiger partial charge in [-0.15, -0.1) is 16.4 Å². The van der Waals surface area contributed by atoms with Crippen LogP contribution in [0.4, 0.5) is 5.69 Å². The average Bonchev–Trinajstić information content (AvgIpc) is 3.24. The van der Waals surface area contributed by atoms with Gasteiger partial charge in [0.25, 0.3) is 0 Å². The van der Waals surface area contributed by atoms with Crippen LogP contribution in [0.5, 0.6) is 0 Å². The molecule has 0 fully saturated rings. The number of hydrogen-bond donors (Lipinski definition) is 2. The number of carbonyl (C=O) groups excluding carboxylic acids is 1. The number of thioether (sulfide) groups is 1. The number of aromatic nitrogens is 3. The predicted octanol–water partition coefficient (Wildman–Crippen LogP) is 4.39. The fraction of sp³-hybridized carbons (Fsp3) is 0.235. The van der Waals surface area contributed by atoms with Gasteiger partial charge in [0.2, 0.25) is 11.1 Å². The second-order valence-electron chi connectivity index (χ2n) is 5.52. The average molecular weight is 358 g/mol. The van der Waals surface area contributed by atoms with Gasteiger partial charge in [-0.2, -0.15) is 0 Å². The van der Waals surface area contributed by atoms with E-state index < -0.39 is 0 Å². The van der Waals surface area contributed by atoms with Crippen LogP contribution in [0.2, 0.25) is 0 Å². The molecule has 0 aliphatic heterocycles. The van der Waals surface area contributed by atoms with Gasteiger partial charge >= 0.3 is 0 Å². The van der Waals surface area contributed by atoms with Crippen LogP contribution in [-0.4, -0.2) is 26.8 Å². The summed E-state index contributed by atoms with van der Waals surface area (Å²) in [6.45, 7) is 4.22. The Morgan fingerprint density at radius 3 is 2.88 bits per heavy atom. The Morgan fingerprint density at radius 1 is 1.29 bits per heavy atom. The van der Waals surface area contributed by atoms with Gasteiger partial charge in [-0.3, -0.25) is 9.89 Å². The molecule has 0 unspecified atom stereocenters. The van der Waals surface area contributed by atoms with E-state index in [-0.39, 0.29) is 11.7 Å². The minimum atomic E-state index is -0.0597. The molecule has 0 bridgehead atoms. The van der Waals surface area contributed by atoms with Gasteiger partial charge in [-0.25, -0.2) is 4.98 Å². The molecule has 124 valence electrons. The van der Waals surface area contributed by atoms with Crippen molar-refractivity contribution < 1.29 is 4.79 Å². The zero-order valence-corrected chi connectivity index (χ0v) is 15.1. The molecule has 0 radical (unpaired) electrons. The molecule has 0 saturated heterocycles. The lowest BCUT2D eigenvalue weighted by Crippen LogP contribution is -2.15. The van der Waals surface area contributed by atoms with E-state index in [0.717, 1.165) is 22.0 Å². The second-order valence-corrected chi connectivity index (χ2v) is 7.41. The molecule has 0 spiro atoms. The maximum absolute atomic E-state index is 12.2. The fourth-order valence-electron chi connectivity index (χ4n) is 2.27. The summed E-state index contributed by atoms with van der Waals surface area (Å²) >= 11 is 2.92. The number of anilines is 1. The molecular formula is C17H18N4OS2. The molecule has 3 aromatic rings. The van der Waals surface area contributed by atoms with E-state index in [1.807, 2.05) is 41.8 Å². The van der Waals surface area contributed by atoms with E-state index in [0.29, 0.717) is 11.1 Å². The van der Waals surface area contributed by atoms with Gasteiger partial charge in [-0.05, 0) is 29.0 Å². The highest BCUT2D eigenvalue weighted by Gasteiger charge is 2.12. The second kappa shape index (κ2) is 7.63. The van der Waals surface area contributed by atoms with Crippen LogP contribution in [0.3, 0.4) is 0 Å². The van der Waals surface area contributed by atoms with Crippen molar-refractivity contribution in [2.24, 2.45) is 0 Å². The van der Waals surface area contributed by atoms with Crippen molar-refractivity contribution in [3.8, 4) is 10.7 Å². The zero-order valence-electron chi connectivity index (χ0n) is 13.4. The monoisotopic (exact) mass is 358 g/mol. The number of carbonyl (C=O) groups is 1. The first-order valence-corrected chi connectivity index (χ1v) is 9.48. The summed E-state index contributed by atoms with van der Waals surface area (Å²) in [6.07, 6.45) is 0. The molecule has 0 aliphatic rings. The summed E-state index contributed by atoms with van der Waals surface area (Å²) in [7, 11) is 0. The van der Waals surface area contributed by atoms with Crippen LogP contribution in [-0.2, 0) is 4.79 Å². The molecule has 2 aromatic heterocycles. The standard InChI is InChI=1S/C17H18N4OS2/c1-11(2)12-6-3-4-7-13(12)18-15(22)10-24-17-19-16(20-21-17)14-8-5-9-23-14/h3-9,11H,10H2,1-2H3,(H,18,22)(H,19,20,21). The fourth-order valence-corrected chi connectivity index (χ4v) is 3.53. The maximum atomic E-state index is 12.2. The molecule has 1 aromatic carbocycles. The van der Waals surface area contributed by atoms with Crippen molar-refractivity contribution in [3.63, 3.8) is 0 Å². The molecule has 0 saturated carbocycles. The molecule has 0 atom stereocenters. The Balaban J connectivity index is 1.58. The summed E-state index contributed by atoms with van der Waals surface area (Å²) in [4.78, 5) is 17.6. The summed E-state index contributed by atoms with van der Waals surface area (Å²) in [6, 6.07) is 11.8. The minimum Gasteiger partial charge on any atom is -0.325 e. The van der Waals surface area contributed by atoms with Crippen molar-refractivity contribution in [2.45, 2.75) is 24.9 Å². The third-order valence-electron chi connectivity index (χ3n) is 3.41. The lowest BCUT2D eigenvalue weighted by Gasteiger charge is -2.13. The molecule has 2 N–H and O–H groups in total. The van der Waals surface area contributed by atoms with Gasteiger partial charge in [0.05, 0.1) is 10.6 Å². The first-order chi connectivity index (χ1) is 11.6. The van der Waals surface area contributed by atoms with Crippen LogP contribution in [0.15, 0.2) is 46.9 Å². The van der Waals surface area contributed by atoms with Gasteiger partial charge in [-0.1, -0.05) is 49.9 Å². The summed E-state index contributed by atoms with van der Waals surface area (Å²) in [5.74, 6) is 1.30. The molecular weight excluding hydrogens is 340 g/mol. The third kappa shape index (κ3) is 4.04. The first kappa shape index (κ1) is 16.7. The van der Waals surface area contributed by atoms with E-state index in [4.69, 9.17) is 0 Å². The quantitative estimate of drug-likeness (QED) is 0.641. The van der Waals surface area contributed by atoms with Crippen LogP contribution < -0.4 is 5.32 Å². The van der Waals surface area contributed by atoms with Crippen LogP contribution >= 0.6 is 23.1 Å². The van der Waals surface area contributed by atoms with E-state index in [2.05, 4.69) is 34.3 Å².